The van der Waals surface area contributed by atoms with Crippen LogP contribution >= 0.6 is 0 Å². The number of hydrogen-bond acceptors (Lipinski definition) is 2. The molecule has 0 heterocycles. The van der Waals surface area contributed by atoms with E-state index in [-0.39, 0.29) is 6.42 Å². The van der Waals surface area contributed by atoms with Crippen molar-refractivity contribution in [3.63, 3.8) is 0 Å². The summed E-state index contributed by atoms with van der Waals surface area (Å²) in [5.41, 5.74) is -0.787. The zero-order chi connectivity index (χ0) is 9.61. The number of rotatable bonds is 6. The maximum atomic E-state index is 10.2. The first-order valence-electron chi connectivity index (χ1n) is 4.68. The van der Waals surface area contributed by atoms with E-state index in [1.54, 1.807) is 6.92 Å². The van der Waals surface area contributed by atoms with E-state index < -0.39 is 5.60 Å². The maximum absolute atomic E-state index is 10.2. The molecule has 0 rings (SSSR count). The first-order chi connectivity index (χ1) is 5.52. The van der Waals surface area contributed by atoms with Crippen molar-refractivity contribution in [2.75, 3.05) is 0 Å². The van der Waals surface area contributed by atoms with Gasteiger partial charge in [0.15, 0.2) is 0 Å². The van der Waals surface area contributed by atoms with Crippen molar-refractivity contribution in [3.8, 4) is 0 Å². The van der Waals surface area contributed by atoms with Crippen molar-refractivity contribution in [1.82, 2.24) is 0 Å². The van der Waals surface area contributed by atoms with Gasteiger partial charge in [-0.1, -0.05) is 20.3 Å². The second kappa shape index (κ2) is 5.31. The molecule has 0 radical (unpaired) electrons. The molecule has 2 atom stereocenters. The van der Waals surface area contributed by atoms with Crippen LogP contribution in [0, 0.1) is 5.92 Å². The number of hydrogen-bond donors (Lipinski definition) is 1. The van der Waals surface area contributed by atoms with Gasteiger partial charge >= 0.3 is 0 Å². The van der Waals surface area contributed by atoms with Crippen LogP contribution in [0.25, 0.3) is 0 Å². The average Bonchev–Trinajstić information content (AvgIpc) is 2.00. The molecule has 72 valence electrons. The van der Waals surface area contributed by atoms with E-state index in [2.05, 4.69) is 13.8 Å². The molecule has 0 aliphatic carbocycles. The highest BCUT2D eigenvalue weighted by atomic mass is 16.3. The second-order valence-electron chi connectivity index (χ2n) is 3.92. The molecule has 0 aromatic carbocycles. The average molecular weight is 172 g/mol. The Morgan fingerprint density at radius 2 is 2.17 bits per heavy atom. The van der Waals surface area contributed by atoms with Crippen molar-refractivity contribution in [3.05, 3.63) is 0 Å². The van der Waals surface area contributed by atoms with Gasteiger partial charge in [0.1, 0.15) is 6.29 Å². The zero-order valence-electron chi connectivity index (χ0n) is 8.34. The Morgan fingerprint density at radius 1 is 1.58 bits per heavy atom. The number of carbonyl (C=O) groups excluding carboxylic acids is 1. The van der Waals surface area contributed by atoms with E-state index in [0.29, 0.717) is 5.92 Å². The summed E-state index contributed by atoms with van der Waals surface area (Å²) in [6.45, 7) is 6.03. The van der Waals surface area contributed by atoms with E-state index in [1.165, 1.54) is 0 Å². The fraction of sp³-hybridized carbons (Fsp3) is 0.900. The Hall–Kier alpha value is -0.370. The molecule has 0 aromatic heterocycles. The van der Waals surface area contributed by atoms with Gasteiger partial charge in [0, 0.05) is 6.42 Å². The van der Waals surface area contributed by atoms with Crippen molar-refractivity contribution >= 4 is 6.29 Å². The quantitative estimate of drug-likeness (QED) is 0.623. The van der Waals surface area contributed by atoms with Gasteiger partial charge in [-0.05, 0) is 25.7 Å². The third-order valence-corrected chi connectivity index (χ3v) is 2.40. The Labute approximate surface area is 75.0 Å². The molecule has 2 unspecified atom stereocenters. The minimum Gasteiger partial charge on any atom is -0.390 e. The van der Waals surface area contributed by atoms with Crippen LogP contribution in [0.1, 0.15) is 46.5 Å². The summed E-state index contributed by atoms with van der Waals surface area (Å²) in [7, 11) is 0. The molecule has 2 nitrogen and oxygen atoms in total. The summed E-state index contributed by atoms with van der Waals surface area (Å²) in [5.74, 6) is 0.642. The molecular weight excluding hydrogens is 152 g/mol. The van der Waals surface area contributed by atoms with Crippen LogP contribution in [0.3, 0.4) is 0 Å². The predicted octanol–water partition coefficient (Wildman–Crippen LogP) is 2.15. The molecule has 0 fully saturated rings. The van der Waals surface area contributed by atoms with Gasteiger partial charge in [-0.3, -0.25) is 0 Å². The van der Waals surface area contributed by atoms with Crippen molar-refractivity contribution in [2.45, 2.75) is 52.1 Å². The topological polar surface area (TPSA) is 37.3 Å². The fourth-order valence-electron chi connectivity index (χ4n) is 1.04. The lowest BCUT2D eigenvalue weighted by Gasteiger charge is -2.21. The molecule has 0 amide bonds. The van der Waals surface area contributed by atoms with Crippen molar-refractivity contribution in [1.29, 1.82) is 0 Å². The number of aldehydes is 1. The molecule has 2 heteroatoms. The fourth-order valence-corrected chi connectivity index (χ4v) is 1.04. The Kier molecular flexibility index (Phi) is 5.14. The molecule has 0 saturated carbocycles. The molecule has 0 saturated heterocycles. The van der Waals surface area contributed by atoms with Crippen LogP contribution in [0.4, 0.5) is 0 Å². The maximum Gasteiger partial charge on any atom is 0.122 e. The Bertz CT molecular complexity index is 130. The van der Waals surface area contributed by atoms with Gasteiger partial charge in [-0.15, -0.1) is 0 Å². The smallest absolute Gasteiger partial charge is 0.122 e. The van der Waals surface area contributed by atoms with Crippen molar-refractivity contribution < 1.29 is 9.90 Å². The van der Waals surface area contributed by atoms with Crippen LogP contribution < -0.4 is 0 Å². The molecular formula is C10H20O2. The largest absolute Gasteiger partial charge is 0.390 e. The monoisotopic (exact) mass is 172 g/mol. The van der Waals surface area contributed by atoms with Gasteiger partial charge < -0.3 is 9.90 Å². The molecule has 12 heavy (non-hydrogen) atoms. The summed E-state index contributed by atoms with van der Waals surface area (Å²) in [6, 6.07) is 0. The van der Waals surface area contributed by atoms with E-state index in [4.69, 9.17) is 0 Å². The molecule has 1 N–H and O–H groups in total. The minimum absolute atomic E-state index is 0.253. The lowest BCUT2D eigenvalue weighted by Crippen LogP contribution is -2.25. The molecule has 0 aliphatic rings. The molecule has 0 aromatic rings. The summed E-state index contributed by atoms with van der Waals surface area (Å²) < 4.78 is 0. The van der Waals surface area contributed by atoms with Gasteiger partial charge in [-0.2, -0.15) is 0 Å². The van der Waals surface area contributed by atoms with Crippen LogP contribution in [0.5, 0.6) is 0 Å². The van der Waals surface area contributed by atoms with Crippen LogP contribution in [-0.4, -0.2) is 17.0 Å². The lowest BCUT2D eigenvalue weighted by atomic mass is 9.91. The zero-order valence-corrected chi connectivity index (χ0v) is 8.34. The first kappa shape index (κ1) is 11.6. The standard InChI is InChI=1S/C10H20O2/c1-4-9(2)5-6-10(3,12)7-8-11/h8-9,12H,4-7H2,1-3H3. The van der Waals surface area contributed by atoms with Gasteiger partial charge in [0.05, 0.1) is 5.60 Å². The molecule has 0 bridgehead atoms. The van der Waals surface area contributed by atoms with E-state index in [1.807, 2.05) is 0 Å². The summed E-state index contributed by atoms with van der Waals surface area (Å²) in [4.78, 5) is 10.2. The van der Waals surface area contributed by atoms with E-state index in [0.717, 1.165) is 25.5 Å². The normalized spacial score (nSPS) is 18.3. The van der Waals surface area contributed by atoms with E-state index >= 15 is 0 Å². The van der Waals surface area contributed by atoms with Crippen LogP contribution in [-0.2, 0) is 4.79 Å². The van der Waals surface area contributed by atoms with Gasteiger partial charge in [0.2, 0.25) is 0 Å². The summed E-state index contributed by atoms with van der Waals surface area (Å²) >= 11 is 0. The summed E-state index contributed by atoms with van der Waals surface area (Å²) in [6.07, 6.45) is 3.90. The Morgan fingerprint density at radius 3 is 2.58 bits per heavy atom. The summed E-state index contributed by atoms with van der Waals surface area (Å²) in [5, 5.41) is 9.63. The minimum atomic E-state index is -0.787. The molecule has 0 aliphatic heterocycles. The highest BCUT2D eigenvalue weighted by Gasteiger charge is 2.19. The Balaban J connectivity index is 3.66. The second-order valence-corrected chi connectivity index (χ2v) is 3.92. The molecule has 0 spiro atoms. The van der Waals surface area contributed by atoms with Gasteiger partial charge in [-0.25, -0.2) is 0 Å². The van der Waals surface area contributed by atoms with Crippen LogP contribution in [0.15, 0.2) is 0 Å². The van der Waals surface area contributed by atoms with Crippen molar-refractivity contribution in [2.24, 2.45) is 5.92 Å². The highest BCUT2D eigenvalue weighted by Crippen LogP contribution is 2.20. The van der Waals surface area contributed by atoms with E-state index in [9.17, 15) is 9.90 Å². The first-order valence-corrected chi connectivity index (χ1v) is 4.68. The highest BCUT2D eigenvalue weighted by molar-refractivity contribution is 5.51. The SMILES string of the molecule is CCC(C)CCC(C)(O)CC=O. The number of aliphatic hydroxyl groups is 1. The number of carbonyl (C=O) groups is 1. The van der Waals surface area contributed by atoms with Crippen LogP contribution in [0.2, 0.25) is 0 Å². The predicted molar refractivity (Wildman–Crippen MR) is 50.0 cm³/mol. The third kappa shape index (κ3) is 5.30. The van der Waals surface area contributed by atoms with Gasteiger partial charge in [0.25, 0.3) is 0 Å². The lowest BCUT2D eigenvalue weighted by molar-refractivity contribution is -0.112. The third-order valence-electron chi connectivity index (χ3n) is 2.40.